The van der Waals surface area contributed by atoms with Crippen molar-refractivity contribution < 1.29 is 4.74 Å². The third-order valence-corrected chi connectivity index (χ3v) is 3.36. The standard InChI is InChI=1S/C10H21OP/c1-3-11-10-6-4-5-9(7-10)8(2)12/h8-10H,3-7,12H2,1-2H3/t8-,9?,10?/m1/s1. The van der Waals surface area contributed by atoms with Crippen LogP contribution in [0.15, 0.2) is 0 Å². The van der Waals surface area contributed by atoms with Gasteiger partial charge in [0, 0.05) is 6.61 Å². The molecule has 2 heteroatoms. The second kappa shape index (κ2) is 5.19. The molecule has 4 atom stereocenters. The molecule has 0 aliphatic heterocycles. The van der Waals surface area contributed by atoms with Crippen LogP contribution >= 0.6 is 9.24 Å². The maximum Gasteiger partial charge on any atom is 0.0577 e. The van der Waals surface area contributed by atoms with Gasteiger partial charge in [0.25, 0.3) is 0 Å². The van der Waals surface area contributed by atoms with Crippen LogP contribution < -0.4 is 0 Å². The smallest absolute Gasteiger partial charge is 0.0577 e. The van der Waals surface area contributed by atoms with Crippen molar-refractivity contribution in [2.45, 2.75) is 51.3 Å². The predicted octanol–water partition coefficient (Wildman–Crippen LogP) is 2.85. The fourth-order valence-corrected chi connectivity index (χ4v) is 2.40. The van der Waals surface area contributed by atoms with Gasteiger partial charge >= 0.3 is 0 Å². The highest BCUT2D eigenvalue weighted by Gasteiger charge is 2.24. The maximum absolute atomic E-state index is 5.65. The first kappa shape index (κ1) is 10.5. The summed E-state index contributed by atoms with van der Waals surface area (Å²) in [7, 11) is 2.92. The van der Waals surface area contributed by atoms with Crippen molar-refractivity contribution in [3.63, 3.8) is 0 Å². The predicted molar refractivity (Wildman–Crippen MR) is 56.5 cm³/mol. The van der Waals surface area contributed by atoms with Crippen molar-refractivity contribution in [1.82, 2.24) is 0 Å². The van der Waals surface area contributed by atoms with Gasteiger partial charge in [0.1, 0.15) is 0 Å². The maximum atomic E-state index is 5.65. The largest absolute Gasteiger partial charge is 0.378 e. The van der Waals surface area contributed by atoms with Gasteiger partial charge in [-0.3, -0.25) is 0 Å². The Hall–Kier alpha value is 0.390. The van der Waals surface area contributed by atoms with Crippen molar-refractivity contribution in [3.05, 3.63) is 0 Å². The Morgan fingerprint density at radius 3 is 2.83 bits per heavy atom. The van der Waals surface area contributed by atoms with E-state index in [-0.39, 0.29) is 0 Å². The SMILES string of the molecule is CCOC1CCCC([C@@H](C)P)C1. The summed E-state index contributed by atoms with van der Waals surface area (Å²) >= 11 is 0. The van der Waals surface area contributed by atoms with Crippen molar-refractivity contribution in [2.24, 2.45) is 5.92 Å². The molecule has 1 saturated carbocycles. The molecule has 0 spiro atoms. The molecule has 0 aromatic rings. The molecule has 0 N–H and O–H groups in total. The molecular formula is C10H21OP. The van der Waals surface area contributed by atoms with Crippen LogP contribution in [0.25, 0.3) is 0 Å². The van der Waals surface area contributed by atoms with Gasteiger partial charge in [-0.25, -0.2) is 0 Å². The van der Waals surface area contributed by atoms with Crippen LogP contribution in [0.2, 0.25) is 0 Å². The highest BCUT2D eigenvalue weighted by molar-refractivity contribution is 7.17. The normalized spacial score (nSPS) is 33.2. The second-order valence-corrected chi connectivity index (χ2v) is 4.91. The molecule has 1 aliphatic rings. The van der Waals surface area contributed by atoms with Crippen LogP contribution in [-0.4, -0.2) is 18.4 Å². The fraction of sp³-hybridized carbons (Fsp3) is 1.00. The monoisotopic (exact) mass is 188 g/mol. The lowest BCUT2D eigenvalue weighted by Gasteiger charge is -2.31. The van der Waals surface area contributed by atoms with E-state index < -0.39 is 0 Å². The van der Waals surface area contributed by atoms with Crippen LogP contribution in [0.5, 0.6) is 0 Å². The Morgan fingerprint density at radius 1 is 1.50 bits per heavy atom. The van der Waals surface area contributed by atoms with Crippen LogP contribution in [0.1, 0.15) is 39.5 Å². The fourth-order valence-electron chi connectivity index (χ4n) is 2.05. The second-order valence-electron chi connectivity index (χ2n) is 3.86. The summed E-state index contributed by atoms with van der Waals surface area (Å²) in [4.78, 5) is 0. The van der Waals surface area contributed by atoms with Crippen molar-refractivity contribution in [2.75, 3.05) is 6.61 Å². The Kier molecular flexibility index (Phi) is 4.53. The minimum absolute atomic E-state index is 0.553. The van der Waals surface area contributed by atoms with Gasteiger partial charge in [-0.05, 0) is 37.8 Å². The van der Waals surface area contributed by atoms with Crippen LogP contribution in [0.3, 0.4) is 0 Å². The van der Waals surface area contributed by atoms with E-state index in [1.807, 2.05) is 0 Å². The quantitative estimate of drug-likeness (QED) is 0.619. The van der Waals surface area contributed by atoms with Gasteiger partial charge in [-0.15, -0.1) is 9.24 Å². The Bertz CT molecular complexity index is 123. The van der Waals surface area contributed by atoms with E-state index in [1.165, 1.54) is 25.7 Å². The average Bonchev–Trinajstić information content (AvgIpc) is 2.05. The number of hydrogen-bond acceptors (Lipinski definition) is 1. The minimum atomic E-state index is 0.553. The summed E-state index contributed by atoms with van der Waals surface area (Å²) in [5.74, 6) is 0.875. The van der Waals surface area contributed by atoms with Gasteiger partial charge in [0.05, 0.1) is 6.10 Å². The lowest BCUT2D eigenvalue weighted by Crippen LogP contribution is -2.26. The van der Waals surface area contributed by atoms with Gasteiger partial charge < -0.3 is 4.74 Å². The first-order chi connectivity index (χ1) is 5.74. The molecule has 1 aliphatic carbocycles. The summed E-state index contributed by atoms with van der Waals surface area (Å²) in [6.07, 6.45) is 5.86. The molecule has 0 heterocycles. The molecule has 0 aromatic heterocycles. The zero-order chi connectivity index (χ0) is 8.97. The summed E-state index contributed by atoms with van der Waals surface area (Å²) < 4.78 is 5.65. The molecule has 3 unspecified atom stereocenters. The van der Waals surface area contributed by atoms with Crippen LogP contribution in [0.4, 0.5) is 0 Å². The van der Waals surface area contributed by atoms with Gasteiger partial charge in [-0.2, -0.15) is 0 Å². The molecule has 0 saturated heterocycles. The van der Waals surface area contributed by atoms with Crippen molar-refractivity contribution in [1.29, 1.82) is 0 Å². The van der Waals surface area contributed by atoms with E-state index in [1.54, 1.807) is 0 Å². The highest BCUT2D eigenvalue weighted by Crippen LogP contribution is 2.31. The Morgan fingerprint density at radius 2 is 2.25 bits per heavy atom. The van der Waals surface area contributed by atoms with Gasteiger partial charge in [0.2, 0.25) is 0 Å². The number of rotatable bonds is 3. The average molecular weight is 188 g/mol. The van der Waals surface area contributed by atoms with Crippen molar-refractivity contribution >= 4 is 9.24 Å². The molecule has 72 valence electrons. The lowest BCUT2D eigenvalue weighted by atomic mass is 9.85. The van der Waals surface area contributed by atoms with Crippen LogP contribution in [0, 0.1) is 5.92 Å². The van der Waals surface area contributed by atoms with E-state index >= 15 is 0 Å². The molecule has 0 radical (unpaired) electrons. The summed E-state index contributed by atoms with van der Waals surface area (Å²) in [6, 6.07) is 0. The molecular weight excluding hydrogens is 167 g/mol. The van der Waals surface area contributed by atoms with E-state index in [0.29, 0.717) is 6.10 Å². The highest BCUT2D eigenvalue weighted by atomic mass is 31.0. The molecule has 0 amide bonds. The van der Waals surface area contributed by atoms with E-state index in [9.17, 15) is 0 Å². The van der Waals surface area contributed by atoms with Gasteiger partial charge in [-0.1, -0.05) is 13.3 Å². The molecule has 0 aromatic carbocycles. The number of hydrogen-bond donors (Lipinski definition) is 0. The third-order valence-electron chi connectivity index (χ3n) is 2.81. The third kappa shape index (κ3) is 3.03. The molecule has 1 rings (SSSR count). The minimum Gasteiger partial charge on any atom is -0.378 e. The summed E-state index contributed by atoms with van der Waals surface area (Å²) in [6.45, 7) is 5.26. The Balaban J connectivity index is 2.30. The Labute approximate surface area is 78.5 Å². The molecule has 0 bridgehead atoms. The van der Waals surface area contributed by atoms with E-state index in [0.717, 1.165) is 18.2 Å². The number of ether oxygens (including phenoxy) is 1. The van der Waals surface area contributed by atoms with E-state index in [4.69, 9.17) is 4.74 Å². The van der Waals surface area contributed by atoms with E-state index in [2.05, 4.69) is 23.1 Å². The summed E-state index contributed by atoms with van der Waals surface area (Å²) in [5, 5.41) is 0. The zero-order valence-corrected chi connectivity index (χ0v) is 9.41. The zero-order valence-electron chi connectivity index (χ0n) is 8.25. The first-order valence-electron chi connectivity index (χ1n) is 5.11. The molecule has 12 heavy (non-hydrogen) atoms. The van der Waals surface area contributed by atoms with Crippen molar-refractivity contribution in [3.8, 4) is 0 Å². The first-order valence-corrected chi connectivity index (χ1v) is 5.78. The summed E-state index contributed by atoms with van der Waals surface area (Å²) in [5.41, 5.74) is 0.758. The molecule has 1 nitrogen and oxygen atoms in total. The molecule has 1 fully saturated rings. The topological polar surface area (TPSA) is 9.23 Å². The van der Waals surface area contributed by atoms with Crippen LogP contribution in [-0.2, 0) is 4.74 Å². The lowest BCUT2D eigenvalue weighted by molar-refractivity contribution is 0.0207. The van der Waals surface area contributed by atoms with Gasteiger partial charge in [0.15, 0.2) is 0 Å².